The van der Waals surface area contributed by atoms with E-state index in [-0.39, 0.29) is 6.61 Å². The van der Waals surface area contributed by atoms with E-state index in [0.29, 0.717) is 6.61 Å². The molecule has 0 saturated heterocycles. The molecular formula is C17H19BrO2. The maximum Gasteiger partial charge on any atom is 0.119 e. The number of halogens is 1. The van der Waals surface area contributed by atoms with E-state index >= 15 is 0 Å². The topological polar surface area (TPSA) is 29.5 Å². The lowest BCUT2D eigenvalue weighted by Crippen LogP contribution is -1.98. The van der Waals surface area contributed by atoms with E-state index in [2.05, 4.69) is 34.1 Å². The molecule has 0 heterocycles. The Morgan fingerprint density at radius 2 is 1.95 bits per heavy atom. The van der Waals surface area contributed by atoms with Crippen molar-refractivity contribution in [3.63, 3.8) is 0 Å². The first kappa shape index (κ1) is 15.1. The average molecular weight is 335 g/mol. The number of alkyl halides is 1. The summed E-state index contributed by atoms with van der Waals surface area (Å²) in [6.07, 6.45) is 0.989. The Bertz CT molecular complexity index is 567. The molecule has 0 aliphatic heterocycles. The highest BCUT2D eigenvalue weighted by atomic mass is 79.9. The van der Waals surface area contributed by atoms with Gasteiger partial charge in [-0.15, -0.1) is 0 Å². The van der Waals surface area contributed by atoms with Crippen LogP contribution in [0.1, 0.15) is 17.5 Å². The predicted octanol–water partition coefficient (Wildman–Crippen LogP) is 4.32. The minimum absolute atomic E-state index is 0.0705. The third-order valence-electron chi connectivity index (χ3n) is 3.31. The van der Waals surface area contributed by atoms with Crippen LogP contribution < -0.4 is 4.74 Å². The molecule has 0 spiro atoms. The van der Waals surface area contributed by atoms with Crippen LogP contribution in [0.5, 0.6) is 5.75 Å². The quantitative estimate of drug-likeness (QED) is 0.629. The lowest BCUT2D eigenvalue weighted by Gasteiger charge is -2.12. The Kier molecular flexibility index (Phi) is 5.62. The number of aliphatic hydroxyl groups is 1. The maximum atomic E-state index is 9.36. The molecule has 0 atom stereocenters. The van der Waals surface area contributed by atoms with Gasteiger partial charge in [0.25, 0.3) is 0 Å². The van der Waals surface area contributed by atoms with Crippen molar-refractivity contribution in [3.8, 4) is 16.9 Å². The van der Waals surface area contributed by atoms with Gasteiger partial charge in [-0.25, -0.2) is 0 Å². The fraction of sp³-hybridized carbons (Fsp3) is 0.294. The van der Waals surface area contributed by atoms with E-state index in [1.807, 2.05) is 31.2 Å². The molecule has 0 amide bonds. The van der Waals surface area contributed by atoms with E-state index in [9.17, 15) is 5.11 Å². The zero-order valence-electron chi connectivity index (χ0n) is 11.6. The van der Waals surface area contributed by atoms with E-state index in [4.69, 9.17) is 4.74 Å². The van der Waals surface area contributed by atoms with Crippen LogP contribution in [0, 0.1) is 6.92 Å². The molecule has 0 aliphatic rings. The van der Waals surface area contributed by atoms with Gasteiger partial charge in [0.15, 0.2) is 0 Å². The zero-order valence-corrected chi connectivity index (χ0v) is 13.2. The Labute approximate surface area is 128 Å². The second kappa shape index (κ2) is 7.46. The minimum Gasteiger partial charge on any atom is -0.494 e. The second-order valence-corrected chi connectivity index (χ2v) is 5.46. The Morgan fingerprint density at radius 1 is 1.15 bits per heavy atom. The number of rotatable bonds is 6. The minimum atomic E-state index is 0.0705. The molecule has 20 heavy (non-hydrogen) atoms. The Morgan fingerprint density at radius 3 is 2.70 bits per heavy atom. The molecular weight excluding hydrogens is 316 g/mol. The summed E-state index contributed by atoms with van der Waals surface area (Å²) in [6.45, 7) is 2.82. The number of hydrogen-bond donors (Lipinski definition) is 1. The van der Waals surface area contributed by atoms with Crippen molar-refractivity contribution in [2.24, 2.45) is 0 Å². The first-order valence-electron chi connectivity index (χ1n) is 6.75. The molecule has 0 aliphatic carbocycles. The number of aliphatic hydroxyl groups excluding tert-OH is 1. The van der Waals surface area contributed by atoms with E-state index < -0.39 is 0 Å². The summed E-state index contributed by atoms with van der Waals surface area (Å²) < 4.78 is 5.73. The van der Waals surface area contributed by atoms with E-state index in [0.717, 1.165) is 39.8 Å². The lowest BCUT2D eigenvalue weighted by molar-refractivity contribution is 0.281. The highest BCUT2D eigenvalue weighted by Crippen LogP contribution is 2.28. The van der Waals surface area contributed by atoms with Crippen LogP contribution in [0.15, 0.2) is 42.5 Å². The molecule has 2 aromatic rings. The molecule has 0 aromatic heterocycles. The van der Waals surface area contributed by atoms with Crippen molar-refractivity contribution in [1.29, 1.82) is 0 Å². The molecule has 1 N–H and O–H groups in total. The van der Waals surface area contributed by atoms with Crippen LogP contribution in [0.3, 0.4) is 0 Å². The SMILES string of the molecule is Cc1c(CO)cccc1-c1cccc(OCCCBr)c1. The van der Waals surface area contributed by atoms with Gasteiger partial charge in [-0.05, 0) is 47.7 Å². The molecule has 0 fully saturated rings. The van der Waals surface area contributed by atoms with Crippen molar-refractivity contribution in [2.45, 2.75) is 20.0 Å². The van der Waals surface area contributed by atoms with Crippen LogP contribution in [0.4, 0.5) is 0 Å². The normalized spacial score (nSPS) is 10.6. The summed E-state index contributed by atoms with van der Waals surface area (Å²) in [4.78, 5) is 0. The summed E-state index contributed by atoms with van der Waals surface area (Å²) in [6, 6.07) is 14.1. The number of ether oxygens (including phenoxy) is 1. The molecule has 106 valence electrons. The van der Waals surface area contributed by atoms with Crippen LogP contribution in [-0.4, -0.2) is 17.0 Å². The van der Waals surface area contributed by atoms with Gasteiger partial charge in [0.05, 0.1) is 13.2 Å². The Hall–Kier alpha value is -1.32. The van der Waals surface area contributed by atoms with Crippen LogP contribution >= 0.6 is 15.9 Å². The van der Waals surface area contributed by atoms with Gasteiger partial charge in [0.2, 0.25) is 0 Å². The van der Waals surface area contributed by atoms with Gasteiger partial charge in [-0.2, -0.15) is 0 Å². The fourth-order valence-electron chi connectivity index (χ4n) is 2.17. The van der Waals surface area contributed by atoms with Crippen LogP contribution in [-0.2, 0) is 6.61 Å². The van der Waals surface area contributed by atoms with Gasteiger partial charge in [0, 0.05) is 5.33 Å². The predicted molar refractivity (Wildman–Crippen MR) is 86.4 cm³/mol. The number of hydrogen-bond acceptors (Lipinski definition) is 2. The summed E-state index contributed by atoms with van der Waals surface area (Å²) in [5, 5.41) is 10.3. The molecule has 0 bridgehead atoms. The van der Waals surface area contributed by atoms with Crippen molar-refractivity contribution in [1.82, 2.24) is 0 Å². The van der Waals surface area contributed by atoms with E-state index in [1.165, 1.54) is 0 Å². The zero-order chi connectivity index (χ0) is 14.4. The molecule has 0 unspecified atom stereocenters. The van der Waals surface area contributed by atoms with Crippen molar-refractivity contribution in [3.05, 3.63) is 53.6 Å². The molecule has 0 radical (unpaired) electrons. The summed E-state index contributed by atoms with van der Waals surface area (Å²) in [5.74, 6) is 0.886. The van der Waals surface area contributed by atoms with Gasteiger partial charge < -0.3 is 9.84 Å². The van der Waals surface area contributed by atoms with Crippen LogP contribution in [0.2, 0.25) is 0 Å². The van der Waals surface area contributed by atoms with Gasteiger partial charge >= 0.3 is 0 Å². The summed E-state index contributed by atoms with van der Waals surface area (Å²) >= 11 is 3.40. The molecule has 2 rings (SSSR count). The largest absolute Gasteiger partial charge is 0.494 e. The van der Waals surface area contributed by atoms with Gasteiger partial charge in [-0.1, -0.05) is 46.3 Å². The highest BCUT2D eigenvalue weighted by molar-refractivity contribution is 9.09. The maximum absolute atomic E-state index is 9.36. The monoisotopic (exact) mass is 334 g/mol. The number of benzene rings is 2. The molecule has 3 heteroatoms. The van der Waals surface area contributed by atoms with Crippen LogP contribution in [0.25, 0.3) is 11.1 Å². The Balaban J connectivity index is 2.26. The van der Waals surface area contributed by atoms with Crippen molar-refractivity contribution >= 4 is 15.9 Å². The van der Waals surface area contributed by atoms with E-state index in [1.54, 1.807) is 0 Å². The molecule has 2 nitrogen and oxygen atoms in total. The average Bonchev–Trinajstić information content (AvgIpc) is 2.48. The third-order valence-corrected chi connectivity index (χ3v) is 3.87. The first-order chi connectivity index (χ1) is 9.76. The first-order valence-corrected chi connectivity index (χ1v) is 7.87. The van der Waals surface area contributed by atoms with Crippen molar-refractivity contribution in [2.75, 3.05) is 11.9 Å². The summed E-state index contributed by atoms with van der Waals surface area (Å²) in [7, 11) is 0. The summed E-state index contributed by atoms with van der Waals surface area (Å²) in [5.41, 5.74) is 4.34. The smallest absolute Gasteiger partial charge is 0.119 e. The van der Waals surface area contributed by atoms with Crippen molar-refractivity contribution < 1.29 is 9.84 Å². The standard InChI is InChI=1S/C17H19BrO2/c1-13-15(12-19)6-3-8-17(13)14-5-2-7-16(11-14)20-10-4-9-18/h2-3,5-8,11,19H,4,9-10,12H2,1H3. The fourth-order valence-corrected chi connectivity index (χ4v) is 2.39. The van der Waals surface area contributed by atoms with Gasteiger partial charge in [0.1, 0.15) is 5.75 Å². The third kappa shape index (κ3) is 3.62. The molecule has 0 saturated carbocycles. The lowest BCUT2D eigenvalue weighted by atomic mass is 9.96. The highest BCUT2D eigenvalue weighted by Gasteiger charge is 2.06. The second-order valence-electron chi connectivity index (χ2n) is 4.67. The van der Waals surface area contributed by atoms with Gasteiger partial charge in [-0.3, -0.25) is 0 Å². The molecule has 2 aromatic carbocycles.